The zero-order valence-corrected chi connectivity index (χ0v) is 14.9. The van der Waals surface area contributed by atoms with Crippen molar-refractivity contribution < 1.29 is 0 Å². The topological polar surface area (TPSA) is 104 Å². The minimum atomic E-state index is 0.417. The van der Waals surface area contributed by atoms with E-state index in [0.717, 1.165) is 20.1 Å². The summed E-state index contributed by atoms with van der Waals surface area (Å²) in [6.07, 6.45) is 1.65. The van der Waals surface area contributed by atoms with Gasteiger partial charge >= 0.3 is 0 Å². The molecule has 0 aliphatic rings. The Bertz CT molecular complexity index is 542. The van der Waals surface area contributed by atoms with Gasteiger partial charge in [0.15, 0.2) is 11.6 Å². The summed E-state index contributed by atoms with van der Waals surface area (Å²) in [6.45, 7) is 3.81. The van der Waals surface area contributed by atoms with Gasteiger partial charge in [-0.1, -0.05) is 0 Å². The lowest BCUT2D eigenvalue weighted by atomic mass is 10.3. The second-order valence-electron chi connectivity index (χ2n) is 3.54. The molecule has 2 aromatic rings. The number of nitrogens with zero attached hydrogens (tertiary/aromatic N) is 4. The molecule has 0 unspecified atom stereocenters. The van der Waals surface area contributed by atoms with Crippen molar-refractivity contribution in [1.82, 2.24) is 20.4 Å². The smallest absolute Gasteiger partial charge is 0.160 e. The molecule has 0 bridgehead atoms. The van der Waals surface area contributed by atoms with Crippen LogP contribution in [-0.2, 0) is 0 Å². The van der Waals surface area contributed by atoms with Crippen molar-refractivity contribution >= 4 is 59.4 Å². The van der Waals surface area contributed by atoms with Gasteiger partial charge in [-0.3, -0.25) is 0 Å². The molecule has 0 saturated heterocycles. The first-order valence-electron chi connectivity index (χ1n) is 5.01. The first-order chi connectivity index (χ1) is 8.84. The van der Waals surface area contributed by atoms with Gasteiger partial charge in [-0.2, -0.15) is 5.10 Å². The molecule has 0 radical (unpaired) electrons. The van der Waals surface area contributed by atoms with E-state index in [9.17, 15) is 0 Å². The summed E-state index contributed by atoms with van der Waals surface area (Å²) in [5, 5.41) is 14.7. The van der Waals surface area contributed by atoms with Gasteiger partial charge in [-0.15, -0.1) is 15.3 Å². The van der Waals surface area contributed by atoms with Crippen LogP contribution in [0.1, 0.15) is 11.1 Å². The van der Waals surface area contributed by atoms with Crippen LogP contribution >= 0.6 is 47.8 Å². The summed E-state index contributed by atoms with van der Waals surface area (Å²) in [7, 11) is 0. The monoisotopic (exact) mass is 452 g/mol. The maximum absolute atomic E-state index is 5.45. The molecule has 6 nitrogen and oxygen atoms in total. The molecular formula is C10H11Br3N6. The molecule has 0 fully saturated rings. The summed E-state index contributed by atoms with van der Waals surface area (Å²) >= 11 is 9.74. The molecule has 4 N–H and O–H groups in total. The van der Waals surface area contributed by atoms with Crippen molar-refractivity contribution in [3.63, 3.8) is 0 Å². The molecule has 102 valence electrons. The average molecular weight is 455 g/mol. The van der Waals surface area contributed by atoms with Crippen molar-refractivity contribution in [2.24, 2.45) is 0 Å². The number of anilines is 2. The van der Waals surface area contributed by atoms with Gasteiger partial charge < -0.3 is 11.5 Å². The van der Waals surface area contributed by atoms with Crippen LogP contribution in [-0.4, -0.2) is 20.4 Å². The van der Waals surface area contributed by atoms with Crippen LogP contribution in [0.5, 0.6) is 0 Å². The van der Waals surface area contributed by atoms with Crippen molar-refractivity contribution in [2.75, 3.05) is 11.5 Å². The number of hydrogen-bond acceptors (Lipinski definition) is 6. The Morgan fingerprint density at radius 3 is 1.95 bits per heavy atom. The van der Waals surface area contributed by atoms with Crippen LogP contribution < -0.4 is 11.5 Å². The van der Waals surface area contributed by atoms with Crippen molar-refractivity contribution in [2.45, 2.75) is 13.8 Å². The first kappa shape index (κ1) is 16.3. The number of halogens is 3. The number of aromatic nitrogens is 4. The zero-order valence-electron chi connectivity index (χ0n) is 10.2. The first-order valence-corrected chi connectivity index (χ1v) is 7.39. The van der Waals surface area contributed by atoms with Gasteiger partial charge in [0.25, 0.3) is 0 Å². The Hall–Kier alpha value is -0.800. The highest BCUT2D eigenvalue weighted by molar-refractivity contribution is 9.11. The number of nitrogens with two attached hydrogens (primary N) is 2. The second kappa shape index (κ2) is 7.11. The average Bonchev–Trinajstić information content (AvgIpc) is 2.39. The third kappa shape index (κ3) is 4.36. The van der Waals surface area contributed by atoms with Crippen LogP contribution in [0.3, 0.4) is 0 Å². The Balaban J connectivity index is 0.000000191. The summed E-state index contributed by atoms with van der Waals surface area (Å²) in [5.74, 6) is 0.857. The number of rotatable bonds is 0. The SMILES string of the molecule is Cc1c(Br)nnc(N)c1Br.Cc1cnnc(N)c1Br. The fraction of sp³-hybridized carbons (Fsp3) is 0.200. The molecule has 0 saturated carbocycles. The highest BCUT2D eigenvalue weighted by Gasteiger charge is 2.04. The summed E-state index contributed by atoms with van der Waals surface area (Å²) in [5.41, 5.74) is 12.8. The van der Waals surface area contributed by atoms with E-state index >= 15 is 0 Å². The lowest BCUT2D eigenvalue weighted by molar-refractivity contribution is 0.988. The Morgan fingerprint density at radius 1 is 0.895 bits per heavy atom. The van der Waals surface area contributed by atoms with E-state index in [1.54, 1.807) is 6.20 Å². The minimum Gasteiger partial charge on any atom is -0.381 e. The predicted octanol–water partition coefficient (Wildman–Crippen LogP) is 3.02. The lowest BCUT2D eigenvalue weighted by Crippen LogP contribution is -1.97. The molecule has 0 atom stereocenters. The van der Waals surface area contributed by atoms with E-state index in [0.29, 0.717) is 16.2 Å². The molecule has 0 aliphatic heterocycles. The van der Waals surface area contributed by atoms with Gasteiger partial charge in [0, 0.05) is 5.56 Å². The molecule has 9 heteroatoms. The van der Waals surface area contributed by atoms with Crippen LogP contribution in [0.25, 0.3) is 0 Å². The van der Waals surface area contributed by atoms with Gasteiger partial charge in [-0.25, -0.2) is 0 Å². The third-order valence-corrected chi connectivity index (χ3v) is 4.88. The molecule has 2 aromatic heterocycles. The standard InChI is InChI=1S/C5H5Br2N3.C5H6BrN3/c1-2-3(6)5(8)10-9-4(2)7;1-3-2-8-9-5(7)4(3)6/h1H3,(H2,8,10);2H,1H3,(H2,7,9). The summed E-state index contributed by atoms with van der Waals surface area (Å²) < 4.78 is 2.35. The van der Waals surface area contributed by atoms with E-state index < -0.39 is 0 Å². The molecule has 19 heavy (non-hydrogen) atoms. The maximum atomic E-state index is 5.45. The lowest BCUT2D eigenvalue weighted by Gasteiger charge is -2.00. The van der Waals surface area contributed by atoms with E-state index in [4.69, 9.17) is 11.5 Å². The van der Waals surface area contributed by atoms with E-state index in [1.807, 2.05) is 13.8 Å². The van der Waals surface area contributed by atoms with Gasteiger partial charge in [-0.05, 0) is 67.2 Å². The van der Waals surface area contributed by atoms with E-state index in [1.165, 1.54) is 0 Å². The molecule has 0 amide bonds. The quantitative estimate of drug-likeness (QED) is 0.634. The van der Waals surface area contributed by atoms with Crippen LogP contribution in [0, 0.1) is 13.8 Å². The number of hydrogen-bond donors (Lipinski definition) is 2. The van der Waals surface area contributed by atoms with Crippen molar-refractivity contribution in [1.29, 1.82) is 0 Å². The molecule has 0 aliphatic carbocycles. The Labute approximate surface area is 135 Å². The summed E-state index contributed by atoms with van der Waals surface area (Å²) in [6, 6.07) is 0. The van der Waals surface area contributed by atoms with Crippen LogP contribution in [0.2, 0.25) is 0 Å². The second-order valence-corrected chi connectivity index (χ2v) is 5.88. The fourth-order valence-electron chi connectivity index (χ4n) is 0.980. The third-order valence-electron chi connectivity index (χ3n) is 2.10. The molecule has 2 heterocycles. The molecule has 0 aromatic carbocycles. The summed E-state index contributed by atoms with van der Waals surface area (Å²) in [4.78, 5) is 0. The normalized spacial score (nSPS) is 9.74. The van der Waals surface area contributed by atoms with Crippen LogP contribution in [0.4, 0.5) is 11.6 Å². The maximum Gasteiger partial charge on any atom is 0.160 e. The van der Waals surface area contributed by atoms with Gasteiger partial charge in [0.2, 0.25) is 0 Å². The Kier molecular flexibility index (Phi) is 6.08. The van der Waals surface area contributed by atoms with Gasteiger partial charge in [0.05, 0.1) is 15.1 Å². The fourth-order valence-corrected chi connectivity index (χ4v) is 1.97. The van der Waals surface area contributed by atoms with Crippen molar-refractivity contribution in [3.05, 3.63) is 30.9 Å². The number of nitrogen functional groups attached to an aromatic ring is 2. The minimum absolute atomic E-state index is 0.417. The molecular weight excluding hydrogens is 444 g/mol. The largest absolute Gasteiger partial charge is 0.381 e. The van der Waals surface area contributed by atoms with Gasteiger partial charge in [0.1, 0.15) is 4.60 Å². The molecule has 2 rings (SSSR count). The van der Waals surface area contributed by atoms with E-state index in [-0.39, 0.29) is 0 Å². The Morgan fingerprint density at radius 2 is 1.47 bits per heavy atom. The predicted molar refractivity (Wildman–Crippen MR) is 85.5 cm³/mol. The number of aryl methyl sites for hydroxylation is 1. The zero-order chi connectivity index (χ0) is 14.6. The highest BCUT2D eigenvalue weighted by atomic mass is 79.9. The van der Waals surface area contributed by atoms with Crippen molar-refractivity contribution in [3.8, 4) is 0 Å². The van der Waals surface area contributed by atoms with Crippen LogP contribution in [0.15, 0.2) is 19.7 Å². The highest BCUT2D eigenvalue weighted by Crippen LogP contribution is 2.25. The van der Waals surface area contributed by atoms with E-state index in [2.05, 4.69) is 68.2 Å². The molecule has 0 spiro atoms.